The average molecular weight is 342 g/mol. The Kier molecular flexibility index (Phi) is 7.48. The molecule has 7 heteroatoms. The minimum Gasteiger partial charge on any atom is -0.495 e. The quantitative estimate of drug-likeness (QED) is 0.796. The Hall–Kier alpha value is -2.31. The normalized spacial score (nSPS) is 19.8. The van der Waals surface area contributed by atoms with Crippen LogP contribution in [0.15, 0.2) is 47.0 Å². The van der Waals surface area contributed by atoms with E-state index in [0.717, 1.165) is 0 Å². The monoisotopic (exact) mass is 342 g/mol. The van der Waals surface area contributed by atoms with Crippen molar-refractivity contribution in [2.24, 2.45) is 0 Å². The molecule has 0 aromatic carbocycles. The molecule has 1 unspecified atom stereocenters. The molecule has 0 saturated heterocycles. The van der Waals surface area contributed by atoms with Gasteiger partial charge in [0.05, 0.1) is 19.8 Å². The summed E-state index contributed by atoms with van der Waals surface area (Å²) in [5.41, 5.74) is 1.28. The van der Waals surface area contributed by atoms with Crippen molar-refractivity contribution in [3.8, 4) is 0 Å². The molecule has 0 radical (unpaired) electrons. The van der Waals surface area contributed by atoms with E-state index >= 15 is 0 Å². The second-order valence-corrected chi connectivity index (χ2v) is 4.91. The molecule has 1 N–H and O–H groups in total. The highest BCUT2D eigenvalue weighted by molar-refractivity contribution is 5.95. The zero-order valence-electron chi connectivity index (χ0n) is 14.6. The van der Waals surface area contributed by atoms with E-state index in [9.17, 15) is 13.6 Å². The fourth-order valence-electron chi connectivity index (χ4n) is 2.30. The van der Waals surface area contributed by atoms with Crippen molar-refractivity contribution in [1.82, 2.24) is 10.2 Å². The minimum absolute atomic E-state index is 0.338. The molecule has 0 bridgehead atoms. The van der Waals surface area contributed by atoms with Crippen molar-refractivity contribution < 1.29 is 23.0 Å². The summed E-state index contributed by atoms with van der Waals surface area (Å²) in [5.74, 6) is -0.129. The van der Waals surface area contributed by atoms with Crippen LogP contribution in [0.5, 0.6) is 0 Å². The lowest BCUT2D eigenvalue weighted by Gasteiger charge is -2.28. The van der Waals surface area contributed by atoms with Crippen molar-refractivity contribution in [3.05, 3.63) is 47.0 Å². The first kappa shape index (κ1) is 19.7. The molecule has 0 spiro atoms. The molecule has 2 aliphatic heterocycles. The Morgan fingerprint density at radius 2 is 2.00 bits per heavy atom. The Morgan fingerprint density at radius 1 is 1.33 bits per heavy atom. The summed E-state index contributed by atoms with van der Waals surface area (Å²) in [6, 6.07) is -1.14. The predicted molar refractivity (Wildman–Crippen MR) is 88.3 cm³/mol. The Bertz CT molecular complexity index is 580. The molecular formula is C17H24F2N2O3. The molecule has 1 atom stereocenters. The summed E-state index contributed by atoms with van der Waals surface area (Å²) in [4.78, 5) is 13.8. The number of carbonyl (C=O) groups excluding carboxylic acids is 1. The maximum atomic E-state index is 13.0. The number of alkyl halides is 2. The zero-order chi connectivity index (χ0) is 18.3. The van der Waals surface area contributed by atoms with E-state index in [2.05, 4.69) is 5.32 Å². The number of dihydropyridines is 1. The van der Waals surface area contributed by atoms with Crippen molar-refractivity contribution in [3.63, 3.8) is 0 Å². The van der Waals surface area contributed by atoms with Gasteiger partial charge in [0.15, 0.2) is 0 Å². The Morgan fingerprint density at radius 3 is 2.54 bits per heavy atom. The predicted octanol–water partition coefficient (Wildman–Crippen LogP) is 2.59. The lowest BCUT2D eigenvalue weighted by atomic mass is 9.92. The number of hydrogen-bond acceptors (Lipinski definition) is 5. The lowest BCUT2D eigenvalue weighted by Crippen LogP contribution is -2.34. The number of carbonyl (C=O) groups is 1. The van der Waals surface area contributed by atoms with Gasteiger partial charge in [0.1, 0.15) is 11.8 Å². The molecule has 0 amide bonds. The van der Waals surface area contributed by atoms with E-state index in [4.69, 9.17) is 9.47 Å². The number of allylic oxidation sites excluding steroid dienone is 1. The van der Waals surface area contributed by atoms with Crippen LogP contribution in [0.1, 0.15) is 13.8 Å². The largest absolute Gasteiger partial charge is 0.495 e. The second kappa shape index (κ2) is 9.10. The number of likely N-dealkylation sites (N-methyl/N-ethyl adjacent to an activating group) is 1. The van der Waals surface area contributed by atoms with Gasteiger partial charge in [-0.25, -0.2) is 13.6 Å². The van der Waals surface area contributed by atoms with E-state index < -0.39 is 18.4 Å². The third kappa shape index (κ3) is 4.37. The molecule has 0 aromatic rings. The molecule has 0 fully saturated rings. The third-order valence-electron chi connectivity index (χ3n) is 3.43. The number of nitrogens with one attached hydrogen (secondary N) is 1. The Labute approximate surface area is 141 Å². The summed E-state index contributed by atoms with van der Waals surface area (Å²) >= 11 is 0. The number of esters is 1. The highest BCUT2D eigenvalue weighted by Crippen LogP contribution is 2.32. The van der Waals surface area contributed by atoms with Crippen LogP contribution in [0, 0.1) is 0 Å². The fourth-order valence-corrected chi connectivity index (χ4v) is 2.30. The van der Waals surface area contributed by atoms with Crippen LogP contribution >= 0.6 is 0 Å². The van der Waals surface area contributed by atoms with E-state index in [1.807, 2.05) is 25.8 Å². The molecule has 24 heavy (non-hydrogen) atoms. The summed E-state index contributed by atoms with van der Waals surface area (Å²) in [6.07, 6.45) is 3.60. The van der Waals surface area contributed by atoms with Crippen molar-refractivity contribution in [2.75, 3.05) is 27.8 Å². The van der Waals surface area contributed by atoms with Crippen LogP contribution < -0.4 is 5.32 Å². The molecule has 0 aliphatic carbocycles. The SMILES string of the molecule is CC.COC(=O)C1=CCN(C)C=C1C1=CC(C(F)F)NC=C1OC. The van der Waals surface area contributed by atoms with Crippen molar-refractivity contribution >= 4 is 5.97 Å². The molecule has 134 valence electrons. The molecular weight excluding hydrogens is 318 g/mol. The van der Waals surface area contributed by atoms with Gasteiger partial charge in [0, 0.05) is 37.1 Å². The smallest absolute Gasteiger partial charge is 0.338 e. The number of nitrogens with zero attached hydrogens (tertiary/aromatic N) is 1. The van der Waals surface area contributed by atoms with Crippen molar-refractivity contribution in [2.45, 2.75) is 26.3 Å². The number of ether oxygens (including phenoxy) is 2. The molecule has 2 heterocycles. The first-order chi connectivity index (χ1) is 11.5. The zero-order valence-corrected chi connectivity index (χ0v) is 14.6. The number of hydrogen-bond donors (Lipinski definition) is 1. The Balaban J connectivity index is 0.00000139. The van der Waals surface area contributed by atoms with Gasteiger partial charge in [-0.2, -0.15) is 0 Å². The van der Waals surface area contributed by atoms with E-state index in [-0.39, 0.29) is 0 Å². The maximum absolute atomic E-state index is 13.0. The first-order valence-corrected chi connectivity index (χ1v) is 7.69. The van der Waals surface area contributed by atoms with Gasteiger partial charge in [-0.15, -0.1) is 0 Å². The number of halogens is 2. The molecule has 2 aliphatic rings. The summed E-state index contributed by atoms with van der Waals surface area (Å²) in [6.45, 7) is 4.53. The van der Waals surface area contributed by atoms with Crippen molar-refractivity contribution in [1.29, 1.82) is 0 Å². The standard InChI is InChI=1S/C15H18F2N2O3.C2H6/c1-19-5-4-9(15(20)22-3)11(8-19)10-6-12(14(16)17)18-7-13(10)21-2;1-2/h4,6-8,12,14,18H,5H2,1-3H3;1-2H3. The van der Waals surface area contributed by atoms with Crippen LogP contribution in [0.2, 0.25) is 0 Å². The van der Waals surface area contributed by atoms with Crippen LogP contribution in [0.4, 0.5) is 8.78 Å². The highest BCUT2D eigenvalue weighted by Gasteiger charge is 2.29. The van der Waals surface area contributed by atoms with Gasteiger partial charge < -0.3 is 19.7 Å². The molecule has 0 aromatic heterocycles. The summed E-state index contributed by atoms with van der Waals surface area (Å²) in [7, 11) is 4.55. The topological polar surface area (TPSA) is 50.8 Å². The number of rotatable bonds is 4. The highest BCUT2D eigenvalue weighted by atomic mass is 19.3. The van der Waals surface area contributed by atoms with Crippen LogP contribution in [-0.2, 0) is 14.3 Å². The van der Waals surface area contributed by atoms with E-state index in [0.29, 0.717) is 29.0 Å². The van der Waals surface area contributed by atoms with Crippen LogP contribution in [0.25, 0.3) is 0 Å². The molecule has 0 saturated carbocycles. The van der Waals surface area contributed by atoms with Gasteiger partial charge in [0.25, 0.3) is 6.43 Å². The third-order valence-corrected chi connectivity index (χ3v) is 3.43. The minimum atomic E-state index is -2.57. The van der Waals surface area contributed by atoms with E-state index in [1.54, 1.807) is 12.3 Å². The van der Waals surface area contributed by atoms with Crippen LogP contribution in [0.3, 0.4) is 0 Å². The maximum Gasteiger partial charge on any atom is 0.338 e. The van der Waals surface area contributed by atoms with Gasteiger partial charge in [-0.05, 0) is 6.08 Å². The lowest BCUT2D eigenvalue weighted by molar-refractivity contribution is -0.135. The average Bonchev–Trinajstić information content (AvgIpc) is 2.62. The number of methoxy groups -OCH3 is 2. The molecule has 5 nitrogen and oxygen atoms in total. The van der Waals surface area contributed by atoms with Gasteiger partial charge in [0.2, 0.25) is 0 Å². The van der Waals surface area contributed by atoms with Crippen LogP contribution in [-0.4, -0.2) is 51.1 Å². The summed E-state index contributed by atoms with van der Waals surface area (Å²) in [5, 5.41) is 2.57. The fraction of sp³-hybridized carbons (Fsp3) is 0.471. The summed E-state index contributed by atoms with van der Waals surface area (Å²) < 4.78 is 36.0. The van der Waals surface area contributed by atoms with Gasteiger partial charge in [-0.3, -0.25) is 0 Å². The molecule has 2 rings (SSSR count). The second-order valence-electron chi connectivity index (χ2n) is 4.91. The van der Waals surface area contributed by atoms with Gasteiger partial charge in [-0.1, -0.05) is 19.9 Å². The first-order valence-electron chi connectivity index (χ1n) is 7.69. The van der Waals surface area contributed by atoms with E-state index in [1.165, 1.54) is 26.5 Å². The van der Waals surface area contributed by atoms with Gasteiger partial charge >= 0.3 is 5.97 Å².